The van der Waals surface area contributed by atoms with Crippen LogP contribution in [-0.2, 0) is 19.6 Å². The molecule has 3 aromatic carbocycles. The van der Waals surface area contributed by atoms with Gasteiger partial charge in [-0.3, -0.25) is 4.98 Å². The fraction of sp³-hybridized carbons (Fsp3) is 0.333. The molecule has 1 fully saturated rings. The highest BCUT2D eigenvalue weighted by Gasteiger charge is 2.29. The van der Waals surface area contributed by atoms with Crippen molar-refractivity contribution in [2.75, 3.05) is 26.7 Å². The highest BCUT2D eigenvalue weighted by atomic mass is 35.5. The van der Waals surface area contributed by atoms with Crippen LogP contribution in [0.4, 0.5) is 0 Å². The first-order valence-electron chi connectivity index (χ1n) is 15.2. The summed E-state index contributed by atoms with van der Waals surface area (Å²) in [6.07, 6.45) is 6.88. The van der Waals surface area contributed by atoms with E-state index in [4.69, 9.17) is 37.4 Å². The zero-order chi connectivity index (χ0) is 31.3. The van der Waals surface area contributed by atoms with Crippen molar-refractivity contribution in [2.45, 2.75) is 45.0 Å². The van der Waals surface area contributed by atoms with E-state index in [1.807, 2.05) is 24.3 Å². The molecule has 1 aromatic heterocycles. The first kappa shape index (κ1) is 31.2. The van der Waals surface area contributed by atoms with Crippen molar-refractivity contribution in [1.29, 1.82) is 5.26 Å². The maximum absolute atomic E-state index is 9.96. The summed E-state index contributed by atoms with van der Waals surface area (Å²) < 4.78 is 18.8. The summed E-state index contributed by atoms with van der Waals surface area (Å²) in [5, 5.41) is 20.2. The molecule has 0 saturated carbocycles. The predicted molar refractivity (Wildman–Crippen MR) is 175 cm³/mol. The van der Waals surface area contributed by atoms with Crippen LogP contribution >= 0.6 is 23.2 Å². The second-order valence-electron chi connectivity index (χ2n) is 11.7. The Balaban J connectivity index is 1.20. The molecular weight excluding hydrogens is 609 g/mol. The smallest absolute Gasteiger partial charge is 0.142 e. The molecule has 45 heavy (non-hydrogen) atoms. The van der Waals surface area contributed by atoms with Crippen molar-refractivity contribution in [2.24, 2.45) is 5.92 Å². The molecule has 6 rings (SSSR count). The molecule has 232 valence electrons. The zero-order valence-corrected chi connectivity index (χ0v) is 26.7. The van der Waals surface area contributed by atoms with E-state index < -0.39 is 0 Å². The van der Waals surface area contributed by atoms with Gasteiger partial charge in [-0.25, -0.2) is 0 Å². The van der Waals surface area contributed by atoms with Crippen LogP contribution in [0.15, 0.2) is 67.0 Å². The Kier molecular flexibility index (Phi) is 9.77. The van der Waals surface area contributed by atoms with Crippen LogP contribution in [0.25, 0.3) is 11.1 Å². The molecule has 0 spiro atoms. The van der Waals surface area contributed by atoms with Crippen LogP contribution in [-0.4, -0.2) is 41.7 Å². The van der Waals surface area contributed by atoms with E-state index in [1.165, 1.54) is 24.6 Å². The van der Waals surface area contributed by atoms with Gasteiger partial charge in [-0.05, 0) is 74.2 Å². The molecular formula is C36H35Cl2N3O4. The average molecular weight is 645 g/mol. The Hall–Kier alpha value is -3.80. The van der Waals surface area contributed by atoms with Gasteiger partial charge in [-0.2, -0.15) is 5.26 Å². The molecule has 2 atom stereocenters. The molecule has 1 saturated heterocycles. The zero-order valence-electron chi connectivity index (χ0n) is 25.1. The summed E-state index contributed by atoms with van der Waals surface area (Å²) in [5.74, 6) is 2.13. The molecule has 2 aliphatic rings. The number of halogens is 2. The summed E-state index contributed by atoms with van der Waals surface area (Å²) in [6, 6.07) is 19.4. The van der Waals surface area contributed by atoms with E-state index in [0.717, 1.165) is 48.2 Å². The third-order valence-electron chi connectivity index (χ3n) is 8.54. The average Bonchev–Trinajstić information content (AvgIpc) is 3.47. The minimum Gasteiger partial charge on any atom is -0.492 e. The SMILES string of the molecule is CN1CCC[C@@H](COc2cccc(-c3cccc4c3CC[C@H]4Oc3cc(OCc4cncc(C#N)c4)c(CO)cc3Cl)c2Cl)C1. The Bertz CT molecular complexity index is 1720. The van der Waals surface area contributed by atoms with E-state index in [-0.39, 0.29) is 19.3 Å². The summed E-state index contributed by atoms with van der Waals surface area (Å²) in [7, 11) is 2.16. The van der Waals surface area contributed by atoms with E-state index in [2.05, 4.69) is 35.1 Å². The first-order valence-corrected chi connectivity index (χ1v) is 16.0. The molecule has 7 nitrogen and oxygen atoms in total. The minimum absolute atomic E-state index is 0.174. The Morgan fingerprint density at radius 2 is 1.84 bits per heavy atom. The Morgan fingerprint density at radius 1 is 1.00 bits per heavy atom. The number of pyridine rings is 1. The van der Waals surface area contributed by atoms with Crippen LogP contribution in [0.2, 0.25) is 10.0 Å². The second kappa shape index (κ2) is 14.1. The lowest BCUT2D eigenvalue weighted by Gasteiger charge is -2.29. The van der Waals surface area contributed by atoms with Crippen molar-refractivity contribution in [3.05, 3.63) is 105 Å². The third kappa shape index (κ3) is 7.05. The largest absolute Gasteiger partial charge is 0.492 e. The van der Waals surface area contributed by atoms with Gasteiger partial charge in [0.2, 0.25) is 0 Å². The number of aliphatic hydroxyl groups is 1. The van der Waals surface area contributed by atoms with Gasteiger partial charge in [-0.15, -0.1) is 0 Å². The summed E-state index contributed by atoms with van der Waals surface area (Å²) in [4.78, 5) is 6.45. The van der Waals surface area contributed by atoms with Crippen molar-refractivity contribution in [1.82, 2.24) is 9.88 Å². The van der Waals surface area contributed by atoms with Crippen molar-refractivity contribution in [3.8, 4) is 34.4 Å². The standard InChI is InChI=1S/C36H35Cl2N3O4/c1-41-12-4-5-23(19-41)21-43-33-9-3-8-30(36(33)38)27-6-2-7-29-28(27)10-11-32(29)45-35-15-34(26(20-42)14-31(35)37)44-22-25-13-24(16-39)17-40-18-25/h2-3,6-9,13-15,17-18,23,32,42H,4-5,10-12,19-22H2,1H3/t23-,32-/m1/s1. The lowest BCUT2D eigenvalue weighted by Crippen LogP contribution is -2.34. The number of hydrogen-bond donors (Lipinski definition) is 1. The first-order chi connectivity index (χ1) is 21.9. The number of aliphatic hydroxyl groups excluding tert-OH is 1. The summed E-state index contributed by atoms with van der Waals surface area (Å²) in [6.45, 7) is 2.76. The summed E-state index contributed by atoms with van der Waals surface area (Å²) >= 11 is 13.6. The number of benzene rings is 3. The molecule has 0 bridgehead atoms. The van der Waals surface area contributed by atoms with Crippen molar-refractivity contribution in [3.63, 3.8) is 0 Å². The van der Waals surface area contributed by atoms with E-state index >= 15 is 0 Å². The van der Waals surface area contributed by atoms with Gasteiger partial charge in [0.15, 0.2) is 0 Å². The fourth-order valence-corrected chi connectivity index (χ4v) is 6.82. The van der Waals surface area contributed by atoms with Crippen LogP contribution in [0.1, 0.15) is 53.2 Å². The van der Waals surface area contributed by atoms with E-state index in [9.17, 15) is 10.4 Å². The number of piperidine rings is 1. The number of rotatable bonds is 10. The number of hydrogen-bond acceptors (Lipinski definition) is 7. The van der Waals surface area contributed by atoms with Gasteiger partial charge in [-0.1, -0.05) is 53.5 Å². The molecule has 1 N–H and O–H groups in total. The molecule has 9 heteroatoms. The molecule has 1 aliphatic carbocycles. The molecule has 0 amide bonds. The monoisotopic (exact) mass is 643 g/mol. The van der Waals surface area contributed by atoms with Crippen LogP contribution < -0.4 is 14.2 Å². The van der Waals surface area contributed by atoms with Crippen molar-refractivity contribution < 1.29 is 19.3 Å². The van der Waals surface area contributed by atoms with Gasteiger partial charge in [0, 0.05) is 47.6 Å². The maximum atomic E-state index is 9.96. The predicted octanol–water partition coefficient (Wildman–Crippen LogP) is 7.79. The Morgan fingerprint density at radius 3 is 2.67 bits per heavy atom. The molecule has 2 heterocycles. The van der Waals surface area contributed by atoms with Crippen LogP contribution in [0.5, 0.6) is 17.2 Å². The van der Waals surface area contributed by atoms with E-state index in [1.54, 1.807) is 24.4 Å². The number of nitriles is 1. The van der Waals surface area contributed by atoms with Gasteiger partial charge < -0.3 is 24.2 Å². The number of nitrogens with zero attached hydrogens (tertiary/aromatic N) is 3. The van der Waals surface area contributed by atoms with E-state index in [0.29, 0.717) is 50.9 Å². The third-order valence-corrected chi connectivity index (χ3v) is 9.22. The van der Waals surface area contributed by atoms with Gasteiger partial charge in [0.05, 0.1) is 28.8 Å². The van der Waals surface area contributed by atoms with Crippen LogP contribution in [0, 0.1) is 17.2 Å². The summed E-state index contributed by atoms with van der Waals surface area (Å²) in [5.41, 5.74) is 6.03. The van der Waals surface area contributed by atoms with Crippen molar-refractivity contribution >= 4 is 23.2 Å². The topological polar surface area (TPSA) is 87.8 Å². The molecule has 4 aromatic rings. The fourth-order valence-electron chi connectivity index (χ4n) is 6.30. The number of ether oxygens (including phenoxy) is 3. The quantitative estimate of drug-likeness (QED) is 0.189. The molecule has 1 aliphatic heterocycles. The second-order valence-corrected chi connectivity index (χ2v) is 12.5. The van der Waals surface area contributed by atoms with Gasteiger partial charge in [0.1, 0.15) is 36.0 Å². The lowest BCUT2D eigenvalue weighted by atomic mass is 9.96. The lowest BCUT2D eigenvalue weighted by molar-refractivity contribution is 0.150. The molecule has 0 radical (unpaired) electrons. The van der Waals surface area contributed by atoms with Gasteiger partial charge >= 0.3 is 0 Å². The molecule has 0 unspecified atom stereocenters. The normalized spacial score (nSPS) is 17.8. The maximum Gasteiger partial charge on any atom is 0.142 e. The number of fused-ring (bicyclic) bond motifs is 1. The Labute approximate surface area is 273 Å². The number of likely N-dealkylation sites (tertiary alicyclic amines) is 1. The highest BCUT2D eigenvalue weighted by Crippen LogP contribution is 2.45. The number of aromatic nitrogens is 1. The van der Waals surface area contributed by atoms with Gasteiger partial charge in [0.25, 0.3) is 0 Å². The minimum atomic E-state index is -0.247. The highest BCUT2D eigenvalue weighted by molar-refractivity contribution is 6.35. The van der Waals surface area contributed by atoms with Crippen LogP contribution in [0.3, 0.4) is 0 Å².